The van der Waals surface area contributed by atoms with Gasteiger partial charge < -0.3 is 9.30 Å². The highest BCUT2D eigenvalue weighted by atomic mass is 35.5. The molecule has 0 aliphatic heterocycles. The number of methoxy groups -OCH3 is 1. The number of halogens is 2. The van der Waals surface area contributed by atoms with E-state index in [1.165, 1.54) is 6.07 Å². The van der Waals surface area contributed by atoms with Crippen molar-refractivity contribution in [3.8, 4) is 0 Å². The summed E-state index contributed by atoms with van der Waals surface area (Å²) in [5, 5.41) is 0. The van der Waals surface area contributed by atoms with Crippen LogP contribution in [0, 0.1) is 11.2 Å². The van der Waals surface area contributed by atoms with Crippen LogP contribution in [0.25, 0.3) is 11.0 Å². The minimum Gasteiger partial charge on any atom is -0.385 e. The Bertz CT molecular complexity index is 595. The van der Waals surface area contributed by atoms with E-state index < -0.39 is 0 Å². The van der Waals surface area contributed by atoms with E-state index in [0.29, 0.717) is 17.9 Å². The molecule has 0 aliphatic rings. The maximum Gasteiger partial charge on any atom is 0.151 e. The molecule has 1 aromatic carbocycles. The molecule has 2 rings (SSSR count). The van der Waals surface area contributed by atoms with E-state index in [9.17, 15) is 4.39 Å². The van der Waals surface area contributed by atoms with Gasteiger partial charge in [0.1, 0.15) is 11.3 Å². The molecule has 2 aromatic rings. The molecule has 0 spiro atoms. The number of fused-ring (bicyclic) bond motifs is 1. The Balaban J connectivity index is 2.40. The summed E-state index contributed by atoms with van der Waals surface area (Å²) in [5.74, 6) is 0.675. The van der Waals surface area contributed by atoms with Crippen LogP contribution in [0.4, 0.5) is 4.39 Å². The highest BCUT2D eigenvalue weighted by Gasteiger charge is 2.22. The number of alkyl halides is 1. The molecule has 0 aliphatic carbocycles. The molecule has 0 atom stereocenters. The highest BCUT2D eigenvalue weighted by molar-refractivity contribution is 6.16. The third-order valence-corrected chi connectivity index (χ3v) is 3.74. The van der Waals surface area contributed by atoms with Crippen molar-refractivity contribution in [1.29, 1.82) is 0 Å². The predicted octanol–water partition coefficient (Wildman–Crippen LogP) is 3.98. The van der Waals surface area contributed by atoms with E-state index in [-0.39, 0.29) is 17.1 Å². The molecule has 3 nitrogen and oxygen atoms in total. The summed E-state index contributed by atoms with van der Waals surface area (Å²) in [5.41, 5.74) is 1.22. The molecular formula is C15H20ClFN2O. The van der Waals surface area contributed by atoms with Crippen LogP contribution in [-0.4, -0.2) is 23.3 Å². The number of ether oxygens (including phenoxy) is 1. The average Bonchev–Trinajstić information content (AvgIpc) is 2.76. The molecule has 20 heavy (non-hydrogen) atoms. The molecule has 1 aromatic heterocycles. The Morgan fingerprint density at radius 2 is 2.15 bits per heavy atom. The normalized spacial score (nSPS) is 12.2. The molecule has 0 unspecified atom stereocenters. The monoisotopic (exact) mass is 298 g/mol. The van der Waals surface area contributed by atoms with Gasteiger partial charge in [-0.1, -0.05) is 19.9 Å². The third-order valence-electron chi connectivity index (χ3n) is 3.50. The number of hydrogen-bond donors (Lipinski definition) is 0. The maximum atomic E-state index is 13.8. The lowest BCUT2D eigenvalue weighted by Gasteiger charge is -2.26. The summed E-state index contributed by atoms with van der Waals surface area (Å²) in [6, 6.07) is 5.01. The zero-order valence-corrected chi connectivity index (χ0v) is 12.9. The Kier molecular flexibility index (Phi) is 4.66. The Hall–Kier alpha value is -1.13. The van der Waals surface area contributed by atoms with Crippen molar-refractivity contribution in [2.24, 2.45) is 5.41 Å². The molecule has 110 valence electrons. The molecule has 5 heteroatoms. The van der Waals surface area contributed by atoms with Gasteiger partial charge in [-0.05, 0) is 24.0 Å². The van der Waals surface area contributed by atoms with E-state index in [1.54, 1.807) is 13.2 Å². The van der Waals surface area contributed by atoms with Crippen LogP contribution in [0.1, 0.15) is 26.1 Å². The lowest BCUT2D eigenvalue weighted by atomic mass is 9.89. The third kappa shape index (κ3) is 3.13. The lowest BCUT2D eigenvalue weighted by Crippen LogP contribution is -2.22. The first-order chi connectivity index (χ1) is 9.48. The quantitative estimate of drug-likeness (QED) is 0.754. The van der Waals surface area contributed by atoms with E-state index >= 15 is 0 Å². The SMILES string of the molecule is COCCC(C)(C)Cn1c(CCl)nc2c(F)cccc21. The van der Waals surface area contributed by atoms with E-state index in [2.05, 4.69) is 18.8 Å². The molecular weight excluding hydrogens is 279 g/mol. The summed E-state index contributed by atoms with van der Waals surface area (Å²) in [4.78, 5) is 4.32. The van der Waals surface area contributed by atoms with E-state index in [4.69, 9.17) is 16.3 Å². The van der Waals surface area contributed by atoms with Gasteiger partial charge >= 0.3 is 0 Å². The number of nitrogens with zero attached hydrogens (tertiary/aromatic N) is 2. The van der Waals surface area contributed by atoms with Crippen LogP contribution >= 0.6 is 11.6 Å². The fourth-order valence-electron chi connectivity index (χ4n) is 2.32. The van der Waals surface area contributed by atoms with Gasteiger partial charge in [0, 0.05) is 20.3 Å². The first-order valence-electron chi connectivity index (χ1n) is 6.67. The van der Waals surface area contributed by atoms with Crippen molar-refractivity contribution in [1.82, 2.24) is 9.55 Å². The number of hydrogen-bond acceptors (Lipinski definition) is 2. The van der Waals surface area contributed by atoms with Crippen molar-refractivity contribution >= 4 is 22.6 Å². The second kappa shape index (κ2) is 6.10. The maximum absolute atomic E-state index is 13.8. The van der Waals surface area contributed by atoms with Crippen LogP contribution in [0.15, 0.2) is 18.2 Å². The summed E-state index contributed by atoms with van der Waals surface area (Å²) in [6.45, 7) is 5.76. The highest BCUT2D eigenvalue weighted by Crippen LogP contribution is 2.28. The van der Waals surface area contributed by atoms with E-state index in [1.807, 2.05) is 10.6 Å². The average molecular weight is 299 g/mol. The molecule has 0 radical (unpaired) electrons. The molecule has 0 bridgehead atoms. The van der Waals surface area contributed by atoms with Crippen molar-refractivity contribution in [2.75, 3.05) is 13.7 Å². The molecule has 0 saturated heterocycles. The number of benzene rings is 1. The molecule has 1 heterocycles. The first-order valence-corrected chi connectivity index (χ1v) is 7.20. The summed E-state index contributed by atoms with van der Waals surface area (Å²) < 4.78 is 21.0. The van der Waals surface area contributed by atoms with Crippen LogP contribution < -0.4 is 0 Å². The molecule has 0 amide bonds. The van der Waals surface area contributed by atoms with Crippen molar-refractivity contribution in [3.63, 3.8) is 0 Å². The van der Waals surface area contributed by atoms with Crippen LogP contribution in [0.2, 0.25) is 0 Å². The predicted molar refractivity (Wildman–Crippen MR) is 79.5 cm³/mol. The Morgan fingerprint density at radius 3 is 2.80 bits per heavy atom. The first kappa shape index (κ1) is 15.3. The van der Waals surface area contributed by atoms with Gasteiger partial charge in [0.05, 0.1) is 11.4 Å². The zero-order valence-electron chi connectivity index (χ0n) is 12.1. The number of rotatable bonds is 6. The number of imidazole rings is 1. The fraction of sp³-hybridized carbons (Fsp3) is 0.533. The van der Waals surface area contributed by atoms with Gasteiger partial charge in [0.25, 0.3) is 0 Å². The minimum atomic E-state index is -0.303. The van der Waals surface area contributed by atoms with Gasteiger partial charge in [-0.2, -0.15) is 0 Å². The zero-order chi connectivity index (χ0) is 14.8. The van der Waals surface area contributed by atoms with Gasteiger partial charge in [-0.25, -0.2) is 9.37 Å². The topological polar surface area (TPSA) is 27.1 Å². The molecule has 0 N–H and O–H groups in total. The number of para-hydroxylation sites is 1. The van der Waals surface area contributed by atoms with Gasteiger partial charge in [-0.3, -0.25) is 0 Å². The standard InChI is InChI=1S/C15H20ClFN2O/c1-15(2,7-8-20-3)10-19-12-6-4-5-11(17)14(12)18-13(19)9-16/h4-6H,7-10H2,1-3H3. The summed E-state index contributed by atoms with van der Waals surface area (Å²) in [6.07, 6.45) is 0.917. The second-order valence-corrected chi connectivity index (χ2v) is 6.03. The summed E-state index contributed by atoms with van der Waals surface area (Å²) >= 11 is 5.96. The van der Waals surface area contributed by atoms with Crippen molar-refractivity contribution in [3.05, 3.63) is 29.8 Å². The lowest BCUT2D eigenvalue weighted by molar-refractivity contribution is 0.143. The Labute approximate surface area is 123 Å². The smallest absolute Gasteiger partial charge is 0.151 e. The molecule has 0 fully saturated rings. The van der Waals surface area contributed by atoms with Crippen LogP contribution in [0.3, 0.4) is 0 Å². The minimum absolute atomic E-state index is 0.0246. The number of aromatic nitrogens is 2. The fourth-order valence-corrected chi connectivity index (χ4v) is 2.53. The van der Waals surface area contributed by atoms with Crippen molar-refractivity contribution < 1.29 is 9.13 Å². The van der Waals surface area contributed by atoms with E-state index in [0.717, 1.165) is 18.5 Å². The Morgan fingerprint density at radius 1 is 1.40 bits per heavy atom. The van der Waals surface area contributed by atoms with Crippen LogP contribution in [0.5, 0.6) is 0 Å². The van der Waals surface area contributed by atoms with Crippen molar-refractivity contribution in [2.45, 2.75) is 32.7 Å². The van der Waals surface area contributed by atoms with Crippen LogP contribution in [-0.2, 0) is 17.2 Å². The summed E-state index contributed by atoms with van der Waals surface area (Å²) in [7, 11) is 1.70. The van der Waals surface area contributed by atoms with Gasteiger partial charge in [0.2, 0.25) is 0 Å². The second-order valence-electron chi connectivity index (χ2n) is 5.76. The largest absolute Gasteiger partial charge is 0.385 e. The molecule has 0 saturated carbocycles. The van der Waals surface area contributed by atoms with Gasteiger partial charge in [0.15, 0.2) is 5.82 Å². The van der Waals surface area contributed by atoms with Gasteiger partial charge in [-0.15, -0.1) is 11.6 Å².